The quantitative estimate of drug-likeness (QED) is 0.280. The van der Waals surface area contributed by atoms with Crippen LogP contribution < -0.4 is 15.7 Å². The van der Waals surface area contributed by atoms with Crippen molar-refractivity contribution in [3.8, 4) is 0 Å². The second-order valence-electron chi connectivity index (χ2n) is 9.85. The first kappa shape index (κ1) is 27.9. The molecule has 0 bridgehead atoms. The average Bonchev–Trinajstić information content (AvgIpc) is 2.88. The number of alkyl carbamates (subject to hydrolysis) is 1. The molecule has 194 valence electrons. The van der Waals surface area contributed by atoms with E-state index in [9.17, 15) is 9.59 Å². The summed E-state index contributed by atoms with van der Waals surface area (Å²) in [5, 5.41) is 14.0. The number of nitrogens with one attached hydrogen (secondary N) is 1. The summed E-state index contributed by atoms with van der Waals surface area (Å²) in [6, 6.07) is 29.4. The van der Waals surface area contributed by atoms with Crippen molar-refractivity contribution in [3.05, 3.63) is 109 Å². The lowest BCUT2D eigenvalue weighted by Gasteiger charge is -2.43. The summed E-state index contributed by atoms with van der Waals surface area (Å²) < 4.78 is 12.4. The van der Waals surface area contributed by atoms with Crippen LogP contribution in [0.3, 0.4) is 0 Å². The van der Waals surface area contributed by atoms with E-state index >= 15 is 0 Å². The molecule has 6 nitrogen and oxygen atoms in total. The first-order valence-electron chi connectivity index (χ1n) is 12.3. The van der Waals surface area contributed by atoms with Gasteiger partial charge in [-0.15, -0.1) is 0 Å². The van der Waals surface area contributed by atoms with Crippen LogP contribution in [0.25, 0.3) is 0 Å². The van der Waals surface area contributed by atoms with Gasteiger partial charge in [-0.05, 0) is 27.4 Å². The van der Waals surface area contributed by atoms with E-state index in [1.54, 1.807) is 0 Å². The van der Waals surface area contributed by atoms with Gasteiger partial charge in [0.05, 0.1) is 12.6 Å². The highest BCUT2D eigenvalue weighted by Gasteiger charge is 2.50. The highest BCUT2D eigenvalue weighted by molar-refractivity contribution is 6.99. The molecule has 0 heterocycles. The van der Waals surface area contributed by atoms with E-state index in [0.29, 0.717) is 0 Å². The van der Waals surface area contributed by atoms with Crippen LogP contribution in [0.1, 0.15) is 32.8 Å². The van der Waals surface area contributed by atoms with E-state index in [-0.39, 0.29) is 24.7 Å². The molecule has 0 unspecified atom stereocenters. The summed E-state index contributed by atoms with van der Waals surface area (Å²) >= 11 is 0. The fourth-order valence-corrected chi connectivity index (χ4v) is 9.03. The highest BCUT2D eigenvalue weighted by atomic mass is 28.4. The maximum absolute atomic E-state index is 12.7. The summed E-state index contributed by atoms with van der Waals surface area (Å²) in [4.78, 5) is 23.7. The van der Waals surface area contributed by atoms with Crippen LogP contribution in [0.15, 0.2) is 103 Å². The van der Waals surface area contributed by atoms with E-state index in [0.717, 1.165) is 22.0 Å². The van der Waals surface area contributed by atoms with Crippen molar-refractivity contribution in [2.24, 2.45) is 0 Å². The largest absolute Gasteiger partial charge is 0.478 e. The van der Waals surface area contributed by atoms with Gasteiger partial charge in [0, 0.05) is 6.08 Å². The van der Waals surface area contributed by atoms with Gasteiger partial charge in [0.2, 0.25) is 0 Å². The number of ether oxygens (including phenoxy) is 1. The van der Waals surface area contributed by atoms with Crippen LogP contribution in [0.5, 0.6) is 0 Å². The number of hydrogen-bond acceptors (Lipinski definition) is 4. The molecule has 0 aliphatic carbocycles. The number of carboxylic acid groups (broad SMARTS) is 1. The molecular weight excluding hydrogens is 482 g/mol. The van der Waals surface area contributed by atoms with Crippen molar-refractivity contribution in [1.82, 2.24) is 5.32 Å². The van der Waals surface area contributed by atoms with Gasteiger partial charge in [-0.1, -0.05) is 118 Å². The summed E-state index contributed by atoms with van der Waals surface area (Å²) in [5.74, 6) is -1.04. The molecule has 2 N–H and O–H groups in total. The zero-order chi connectivity index (χ0) is 26.7. The fraction of sp³-hybridized carbons (Fsp3) is 0.267. The Hall–Kier alpha value is -3.68. The van der Waals surface area contributed by atoms with Crippen LogP contribution in [0, 0.1) is 0 Å². The number of amides is 1. The number of carbonyl (C=O) groups excluding carboxylic acids is 1. The molecule has 0 fully saturated rings. The SMILES string of the molecule is CC(C)(C)[Si](OC[C@H](CC=CC(=O)O)NC(=O)OCc1ccccc1)(c1ccccc1)c1ccccc1. The van der Waals surface area contributed by atoms with Crippen LogP contribution in [0.2, 0.25) is 5.04 Å². The van der Waals surface area contributed by atoms with Crippen LogP contribution in [0.4, 0.5) is 4.79 Å². The van der Waals surface area contributed by atoms with E-state index in [1.807, 2.05) is 66.7 Å². The van der Waals surface area contributed by atoms with Gasteiger partial charge in [0.25, 0.3) is 8.32 Å². The Morgan fingerprint density at radius 1 is 0.892 bits per heavy atom. The number of aliphatic carboxylic acids is 1. The van der Waals surface area contributed by atoms with E-state index in [1.165, 1.54) is 6.08 Å². The number of hydrogen-bond donors (Lipinski definition) is 2. The number of carboxylic acids is 1. The third kappa shape index (κ3) is 7.65. The first-order chi connectivity index (χ1) is 17.7. The molecule has 0 saturated heterocycles. The van der Waals surface area contributed by atoms with Gasteiger partial charge in [0.15, 0.2) is 0 Å². The van der Waals surface area contributed by atoms with Gasteiger partial charge in [-0.25, -0.2) is 9.59 Å². The number of benzene rings is 3. The van der Waals surface area contributed by atoms with E-state index in [4.69, 9.17) is 14.3 Å². The molecule has 0 aliphatic heterocycles. The standard InChI is InChI=1S/C30H35NO5Si/c1-30(2,3)37(26-17-9-5-10-18-26,27-19-11-6-12-20-27)36-23-25(16-13-21-28(32)33)31-29(34)35-22-24-14-7-4-8-15-24/h4-15,17-21,25H,16,22-23H2,1-3H3,(H,31,34)(H,32,33)/t25-/m0/s1. The zero-order valence-electron chi connectivity index (χ0n) is 21.6. The van der Waals surface area contributed by atoms with Gasteiger partial charge >= 0.3 is 12.1 Å². The van der Waals surface area contributed by atoms with Crippen molar-refractivity contribution in [1.29, 1.82) is 0 Å². The first-order valence-corrected chi connectivity index (χ1v) is 14.2. The molecule has 37 heavy (non-hydrogen) atoms. The molecule has 1 atom stereocenters. The number of carbonyl (C=O) groups is 2. The van der Waals surface area contributed by atoms with Crippen LogP contribution in [-0.4, -0.2) is 38.1 Å². The summed E-state index contributed by atoms with van der Waals surface area (Å²) in [6.07, 6.45) is 2.31. The lowest BCUT2D eigenvalue weighted by atomic mass is 10.2. The molecule has 0 aromatic heterocycles. The van der Waals surface area contributed by atoms with Gasteiger partial charge < -0.3 is 19.6 Å². The second kappa shape index (κ2) is 13.0. The van der Waals surface area contributed by atoms with Crippen LogP contribution >= 0.6 is 0 Å². The Morgan fingerprint density at radius 2 is 1.41 bits per heavy atom. The topological polar surface area (TPSA) is 84.9 Å². The Labute approximate surface area is 220 Å². The van der Waals surface area contributed by atoms with Crippen molar-refractivity contribution in [2.75, 3.05) is 6.61 Å². The van der Waals surface area contributed by atoms with Gasteiger partial charge in [0.1, 0.15) is 6.61 Å². The van der Waals surface area contributed by atoms with Crippen molar-refractivity contribution in [3.63, 3.8) is 0 Å². The summed E-state index contributed by atoms with van der Waals surface area (Å²) in [6.45, 7) is 6.87. The Morgan fingerprint density at radius 3 is 1.89 bits per heavy atom. The summed E-state index contributed by atoms with van der Waals surface area (Å²) in [7, 11) is -2.83. The predicted octanol–water partition coefficient (Wildman–Crippen LogP) is 4.89. The van der Waals surface area contributed by atoms with E-state index in [2.05, 4.69) is 50.4 Å². The average molecular weight is 518 g/mol. The second-order valence-corrected chi connectivity index (χ2v) is 14.2. The third-order valence-electron chi connectivity index (χ3n) is 6.13. The molecule has 3 aromatic carbocycles. The minimum atomic E-state index is -2.83. The predicted molar refractivity (Wildman–Crippen MR) is 149 cm³/mol. The minimum absolute atomic E-state index is 0.139. The smallest absolute Gasteiger partial charge is 0.407 e. The molecule has 3 aromatic rings. The third-order valence-corrected chi connectivity index (χ3v) is 11.1. The maximum Gasteiger partial charge on any atom is 0.407 e. The van der Waals surface area contributed by atoms with Crippen LogP contribution in [-0.2, 0) is 20.6 Å². The van der Waals surface area contributed by atoms with Crippen molar-refractivity contribution in [2.45, 2.75) is 44.9 Å². The van der Waals surface area contributed by atoms with Gasteiger partial charge in [-0.3, -0.25) is 0 Å². The Balaban J connectivity index is 1.86. The van der Waals surface area contributed by atoms with Crippen molar-refractivity contribution >= 4 is 30.8 Å². The minimum Gasteiger partial charge on any atom is -0.478 e. The molecule has 3 rings (SSSR count). The Bertz CT molecular complexity index is 1120. The molecule has 0 spiro atoms. The Kier molecular flexibility index (Phi) is 9.83. The lowest BCUT2D eigenvalue weighted by molar-refractivity contribution is -0.131. The maximum atomic E-state index is 12.7. The molecule has 7 heteroatoms. The normalized spacial score (nSPS) is 12.7. The molecule has 0 aliphatic rings. The monoisotopic (exact) mass is 517 g/mol. The molecular formula is C30H35NO5Si. The molecule has 1 amide bonds. The van der Waals surface area contributed by atoms with Crippen molar-refractivity contribution < 1.29 is 23.9 Å². The fourth-order valence-electron chi connectivity index (χ4n) is 4.42. The highest BCUT2D eigenvalue weighted by Crippen LogP contribution is 2.36. The molecule has 0 saturated carbocycles. The molecule has 0 radical (unpaired) electrons. The van der Waals surface area contributed by atoms with Gasteiger partial charge in [-0.2, -0.15) is 0 Å². The lowest BCUT2D eigenvalue weighted by Crippen LogP contribution is -2.67. The van der Waals surface area contributed by atoms with E-state index < -0.39 is 26.4 Å². The number of rotatable bonds is 11. The summed E-state index contributed by atoms with van der Waals surface area (Å²) in [5.41, 5.74) is 0.878. The zero-order valence-corrected chi connectivity index (χ0v) is 22.6.